The second-order valence-corrected chi connectivity index (χ2v) is 6.17. The fourth-order valence-electron chi connectivity index (χ4n) is 1.22. The van der Waals surface area contributed by atoms with Gasteiger partial charge < -0.3 is 5.32 Å². The van der Waals surface area contributed by atoms with Crippen molar-refractivity contribution in [1.29, 1.82) is 0 Å². The van der Waals surface area contributed by atoms with Gasteiger partial charge in [-0.3, -0.25) is 4.79 Å². The van der Waals surface area contributed by atoms with Crippen LogP contribution in [0.1, 0.15) is 40.0 Å². The van der Waals surface area contributed by atoms with E-state index in [2.05, 4.69) is 5.32 Å². The van der Waals surface area contributed by atoms with E-state index in [-0.39, 0.29) is 23.5 Å². The molecule has 1 amide bonds. The Bertz CT molecular complexity index is 285. The molecule has 0 aliphatic heterocycles. The van der Waals surface area contributed by atoms with Gasteiger partial charge in [-0.15, -0.1) is 0 Å². The van der Waals surface area contributed by atoms with Gasteiger partial charge in [0.1, 0.15) is 0 Å². The maximum atomic E-state index is 11.3. The molecule has 0 aliphatic carbocycles. The summed E-state index contributed by atoms with van der Waals surface area (Å²) >= 11 is 0. The van der Waals surface area contributed by atoms with Crippen LogP contribution in [0.25, 0.3) is 0 Å². The van der Waals surface area contributed by atoms with E-state index in [1.54, 1.807) is 13.8 Å². The average molecular weight is 235 g/mol. The van der Waals surface area contributed by atoms with E-state index in [9.17, 15) is 13.2 Å². The summed E-state index contributed by atoms with van der Waals surface area (Å²) in [5, 5.41) is 2.69. The van der Waals surface area contributed by atoms with Crippen LogP contribution in [-0.2, 0) is 14.6 Å². The van der Waals surface area contributed by atoms with E-state index in [0.717, 1.165) is 12.8 Å². The summed E-state index contributed by atoms with van der Waals surface area (Å²) < 4.78 is 22.5. The van der Waals surface area contributed by atoms with E-state index in [0.29, 0.717) is 6.42 Å². The number of carbonyl (C=O) groups is 1. The van der Waals surface area contributed by atoms with Gasteiger partial charge in [-0.25, -0.2) is 8.42 Å². The van der Waals surface area contributed by atoms with Crippen molar-refractivity contribution in [3.8, 4) is 0 Å². The van der Waals surface area contributed by atoms with Gasteiger partial charge >= 0.3 is 0 Å². The minimum absolute atomic E-state index is 0.0291. The van der Waals surface area contributed by atoms with E-state index in [1.807, 2.05) is 6.92 Å². The number of carbonyl (C=O) groups excluding carboxylic acids is 1. The lowest BCUT2D eigenvalue weighted by Crippen LogP contribution is -2.37. The van der Waals surface area contributed by atoms with Crippen LogP contribution >= 0.6 is 0 Å². The molecule has 0 spiro atoms. The van der Waals surface area contributed by atoms with E-state index in [4.69, 9.17) is 0 Å². The first-order valence-corrected chi connectivity index (χ1v) is 7.23. The van der Waals surface area contributed by atoms with E-state index in [1.165, 1.54) is 0 Å². The van der Waals surface area contributed by atoms with Gasteiger partial charge in [-0.2, -0.15) is 0 Å². The molecule has 0 aromatic rings. The lowest BCUT2D eigenvalue weighted by Gasteiger charge is -2.13. The topological polar surface area (TPSA) is 63.2 Å². The zero-order chi connectivity index (χ0) is 11.9. The quantitative estimate of drug-likeness (QED) is 0.719. The van der Waals surface area contributed by atoms with Crippen LogP contribution in [0.15, 0.2) is 0 Å². The molecule has 5 heteroatoms. The number of rotatable bonds is 7. The number of unbranched alkanes of at least 4 members (excludes halogenated alkanes) is 1. The second kappa shape index (κ2) is 6.82. The third-order valence-corrected chi connectivity index (χ3v) is 4.00. The molecule has 0 bridgehead atoms. The van der Waals surface area contributed by atoms with Gasteiger partial charge in [0.05, 0.1) is 5.75 Å². The van der Waals surface area contributed by atoms with Crippen LogP contribution < -0.4 is 5.32 Å². The highest BCUT2D eigenvalue weighted by Crippen LogP contribution is 1.97. The lowest BCUT2D eigenvalue weighted by molar-refractivity contribution is -0.121. The Morgan fingerprint density at radius 2 is 1.93 bits per heavy atom. The fourth-order valence-corrected chi connectivity index (χ4v) is 2.31. The SMILES string of the molecule is CCCCC(=O)NC(C)CS(=O)(=O)CC. The van der Waals surface area contributed by atoms with Crippen molar-refractivity contribution in [3.63, 3.8) is 0 Å². The van der Waals surface area contributed by atoms with Crippen molar-refractivity contribution in [2.24, 2.45) is 0 Å². The standard InChI is InChI=1S/C10H21NO3S/c1-4-6-7-10(12)11-9(3)8-15(13,14)5-2/h9H,4-8H2,1-3H3,(H,11,12). The third-order valence-electron chi connectivity index (χ3n) is 2.11. The molecule has 0 heterocycles. The summed E-state index contributed by atoms with van der Waals surface area (Å²) in [6.07, 6.45) is 2.29. The smallest absolute Gasteiger partial charge is 0.220 e. The summed E-state index contributed by atoms with van der Waals surface area (Å²) in [5.74, 6) is 0.0967. The average Bonchev–Trinajstić information content (AvgIpc) is 2.13. The van der Waals surface area contributed by atoms with Crippen LogP contribution in [0.4, 0.5) is 0 Å². The maximum absolute atomic E-state index is 11.3. The van der Waals surface area contributed by atoms with E-state index < -0.39 is 9.84 Å². The van der Waals surface area contributed by atoms with Gasteiger partial charge in [0, 0.05) is 18.2 Å². The van der Waals surface area contributed by atoms with Gasteiger partial charge in [0.25, 0.3) is 0 Å². The minimum Gasteiger partial charge on any atom is -0.353 e. The Kier molecular flexibility index (Phi) is 6.56. The molecule has 0 radical (unpaired) electrons. The van der Waals surface area contributed by atoms with Crippen molar-refractivity contribution in [2.45, 2.75) is 46.1 Å². The number of nitrogens with one attached hydrogen (secondary N) is 1. The van der Waals surface area contributed by atoms with Gasteiger partial charge in [0.2, 0.25) is 5.91 Å². The first-order chi connectivity index (χ1) is 6.91. The van der Waals surface area contributed by atoms with Gasteiger partial charge in [-0.1, -0.05) is 20.3 Å². The minimum atomic E-state index is -3.00. The lowest BCUT2D eigenvalue weighted by atomic mass is 10.2. The number of amides is 1. The molecule has 0 aromatic heterocycles. The highest BCUT2D eigenvalue weighted by Gasteiger charge is 2.15. The predicted molar refractivity (Wildman–Crippen MR) is 61.5 cm³/mol. The first-order valence-electron chi connectivity index (χ1n) is 5.41. The fraction of sp³-hybridized carbons (Fsp3) is 0.900. The van der Waals surface area contributed by atoms with Crippen LogP contribution in [-0.4, -0.2) is 31.9 Å². The molecule has 1 unspecified atom stereocenters. The van der Waals surface area contributed by atoms with Gasteiger partial charge in [0.15, 0.2) is 9.84 Å². The molecule has 0 rings (SSSR count). The zero-order valence-electron chi connectivity index (χ0n) is 9.75. The Hall–Kier alpha value is -0.580. The van der Waals surface area contributed by atoms with Crippen LogP contribution in [0.3, 0.4) is 0 Å². The summed E-state index contributed by atoms with van der Waals surface area (Å²) in [7, 11) is -3.00. The number of sulfone groups is 1. The Morgan fingerprint density at radius 3 is 2.40 bits per heavy atom. The van der Waals surface area contributed by atoms with E-state index >= 15 is 0 Å². The van der Waals surface area contributed by atoms with Crippen LogP contribution in [0.2, 0.25) is 0 Å². The Morgan fingerprint density at radius 1 is 1.33 bits per heavy atom. The maximum Gasteiger partial charge on any atom is 0.220 e. The predicted octanol–water partition coefficient (Wildman–Crippen LogP) is 1.12. The van der Waals surface area contributed by atoms with Crippen molar-refractivity contribution < 1.29 is 13.2 Å². The third kappa shape index (κ3) is 7.36. The molecular formula is C10H21NO3S. The second-order valence-electron chi connectivity index (χ2n) is 3.77. The highest BCUT2D eigenvalue weighted by atomic mass is 32.2. The molecule has 15 heavy (non-hydrogen) atoms. The number of hydrogen-bond donors (Lipinski definition) is 1. The summed E-state index contributed by atoms with van der Waals surface area (Å²) in [6.45, 7) is 5.34. The van der Waals surface area contributed by atoms with Crippen LogP contribution in [0.5, 0.6) is 0 Å². The molecule has 90 valence electrons. The monoisotopic (exact) mass is 235 g/mol. The molecule has 0 fully saturated rings. The highest BCUT2D eigenvalue weighted by molar-refractivity contribution is 7.91. The molecule has 1 atom stereocenters. The van der Waals surface area contributed by atoms with Crippen LogP contribution in [0, 0.1) is 0 Å². The molecule has 0 aromatic carbocycles. The molecule has 4 nitrogen and oxygen atoms in total. The molecule has 1 N–H and O–H groups in total. The molecule has 0 aliphatic rings. The molecule has 0 saturated heterocycles. The summed E-state index contributed by atoms with van der Waals surface area (Å²) in [4.78, 5) is 11.3. The molecular weight excluding hydrogens is 214 g/mol. The van der Waals surface area contributed by atoms with Gasteiger partial charge in [-0.05, 0) is 13.3 Å². The first kappa shape index (κ1) is 14.4. The summed E-state index contributed by atoms with van der Waals surface area (Å²) in [6, 6.07) is -0.292. The summed E-state index contributed by atoms with van der Waals surface area (Å²) in [5.41, 5.74) is 0. The Balaban J connectivity index is 3.93. The normalized spacial score (nSPS) is 13.5. The van der Waals surface area contributed by atoms with Crippen molar-refractivity contribution in [1.82, 2.24) is 5.32 Å². The zero-order valence-corrected chi connectivity index (χ0v) is 10.6. The number of hydrogen-bond acceptors (Lipinski definition) is 3. The van der Waals surface area contributed by atoms with Crippen molar-refractivity contribution >= 4 is 15.7 Å². The van der Waals surface area contributed by atoms with Crippen molar-refractivity contribution in [2.75, 3.05) is 11.5 Å². The van der Waals surface area contributed by atoms with Crippen molar-refractivity contribution in [3.05, 3.63) is 0 Å². The largest absolute Gasteiger partial charge is 0.353 e. The Labute approximate surface area is 92.4 Å². The molecule has 0 saturated carbocycles.